The molecule has 0 fully saturated rings. The summed E-state index contributed by atoms with van der Waals surface area (Å²) in [6.07, 6.45) is -0.396. The van der Waals surface area contributed by atoms with Crippen LogP contribution in [-0.4, -0.2) is 37.4 Å². The quantitative estimate of drug-likeness (QED) is 0.643. The summed E-state index contributed by atoms with van der Waals surface area (Å²) in [5.41, 5.74) is 5.29. The van der Waals surface area contributed by atoms with Crippen LogP contribution in [0.5, 0.6) is 0 Å². The lowest BCUT2D eigenvalue weighted by molar-refractivity contribution is 0.0522. The van der Waals surface area contributed by atoms with E-state index in [4.69, 9.17) is 10.5 Å². The smallest absolute Gasteiger partial charge is 0.407 e. The molecule has 0 aliphatic carbocycles. The van der Waals surface area contributed by atoms with Gasteiger partial charge in [-0.25, -0.2) is 4.79 Å². The molecule has 0 aliphatic rings. The third-order valence-electron chi connectivity index (χ3n) is 3.53. The summed E-state index contributed by atoms with van der Waals surface area (Å²) in [5.74, 6) is 1.84. The van der Waals surface area contributed by atoms with Gasteiger partial charge in [-0.2, -0.15) is 0 Å². The Hall–Kier alpha value is -0.810. The van der Waals surface area contributed by atoms with Gasteiger partial charge in [-0.3, -0.25) is 0 Å². The van der Waals surface area contributed by atoms with Crippen LogP contribution in [0.3, 0.4) is 0 Å². The molecule has 1 unspecified atom stereocenters. The topological polar surface area (TPSA) is 76.4 Å². The molecule has 5 nitrogen and oxygen atoms in total. The number of alkyl carbamates (subject to hydrolysis) is 1. The van der Waals surface area contributed by atoms with Crippen LogP contribution < -0.4 is 16.4 Å². The molecule has 0 radical (unpaired) electrons. The van der Waals surface area contributed by atoms with Crippen LogP contribution in [0.4, 0.5) is 4.79 Å². The number of nitrogens with one attached hydrogen (secondary N) is 2. The first-order valence-electron chi connectivity index (χ1n) is 7.97. The van der Waals surface area contributed by atoms with Crippen molar-refractivity contribution in [1.29, 1.82) is 0 Å². The molecule has 1 amide bonds. The minimum absolute atomic E-state index is 0.0671. The average Bonchev–Trinajstić information content (AvgIpc) is 2.30. The number of nitrogens with two attached hydrogens (primary N) is 1. The molecule has 0 heterocycles. The minimum Gasteiger partial charge on any atom is -0.444 e. The van der Waals surface area contributed by atoms with Gasteiger partial charge in [0.1, 0.15) is 5.60 Å². The van der Waals surface area contributed by atoms with Gasteiger partial charge < -0.3 is 21.1 Å². The maximum absolute atomic E-state index is 11.6. The molecule has 0 rings (SSSR count). The molecule has 126 valence electrons. The molecule has 0 aliphatic heterocycles. The number of ether oxygens (including phenoxy) is 1. The summed E-state index contributed by atoms with van der Waals surface area (Å²) in [6.45, 7) is 16.4. The average molecular weight is 301 g/mol. The third kappa shape index (κ3) is 9.69. The Balaban J connectivity index is 4.20. The van der Waals surface area contributed by atoms with Crippen molar-refractivity contribution in [2.24, 2.45) is 23.5 Å². The van der Waals surface area contributed by atoms with Crippen LogP contribution in [-0.2, 0) is 4.74 Å². The molecular weight excluding hydrogens is 266 g/mol. The monoisotopic (exact) mass is 301 g/mol. The summed E-state index contributed by atoms with van der Waals surface area (Å²) in [6, 6.07) is 0.0671. The largest absolute Gasteiger partial charge is 0.444 e. The maximum Gasteiger partial charge on any atom is 0.407 e. The Kier molecular flexibility index (Phi) is 8.90. The fourth-order valence-electron chi connectivity index (χ4n) is 2.30. The summed E-state index contributed by atoms with van der Waals surface area (Å²) >= 11 is 0. The van der Waals surface area contributed by atoms with E-state index >= 15 is 0 Å². The first-order chi connectivity index (χ1) is 9.56. The van der Waals surface area contributed by atoms with E-state index in [1.54, 1.807) is 0 Å². The highest BCUT2D eigenvalue weighted by molar-refractivity contribution is 5.67. The van der Waals surface area contributed by atoms with E-state index in [1.165, 1.54) is 0 Å². The second kappa shape index (κ2) is 9.26. The molecule has 0 aromatic carbocycles. The predicted octanol–water partition coefficient (Wildman–Crippen LogP) is 2.36. The SMILES string of the molecule is CC(C)C(CNC(CN)CNC(=O)OC(C)(C)C)C(C)C. The van der Waals surface area contributed by atoms with Crippen molar-refractivity contribution in [2.45, 2.75) is 60.1 Å². The van der Waals surface area contributed by atoms with Gasteiger partial charge in [0, 0.05) is 19.1 Å². The van der Waals surface area contributed by atoms with E-state index < -0.39 is 11.7 Å². The molecule has 0 saturated carbocycles. The van der Waals surface area contributed by atoms with Crippen molar-refractivity contribution in [3.8, 4) is 0 Å². The Morgan fingerprint density at radius 1 is 1.10 bits per heavy atom. The van der Waals surface area contributed by atoms with E-state index in [2.05, 4.69) is 38.3 Å². The zero-order chi connectivity index (χ0) is 16.6. The van der Waals surface area contributed by atoms with Crippen molar-refractivity contribution < 1.29 is 9.53 Å². The van der Waals surface area contributed by atoms with E-state index in [0.717, 1.165) is 6.54 Å². The molecule has 4 N–H and O–H groups in total. The summed E-state index contributed by atoms with van der Waals surface area (Å²) in [4.78, 5) is 11.6. The summed E-state index contributed by atoms with van der Waals surface area (Å²) in [5, 5.41) is 6.22. The van der Waals surface area contributed by atoms with Gasteiger partial charge in [0.05, 0.1) is 0 Å². The number of amides is 1. The van der Waals surface area contributed by atoms with Crippen molar-refractivity contribution in [3.63, 3.8) is 0 Å². The second-order valence-electron chi connectivity index (χ2n) is 7.38. The zero-order valence-corrected chi connectivity index (χ0v) is 14.8. The van der Waals surface area contributed by atoms with Gasteiger partial charge in [0.2, 0.25) is 0 Å². The van der Waals surface area contributed by atoms with Crippen LogP contribution in [0, 0.1) is 17.8 Å². The van der Waals surface area contributed by atoms with E-state index in [1.807, 2.05) is 20.8 Å². The van der Waals surface area contributed by atoms with Gasteiger partial charge >= 0.3 is 6.09 Å². The fourth-order valence-corrected chi connectivity index (χ4v) is 2.30. The van der Waals surface area contributed by atoms with Crippen molar-refractivity contribution in [2.75, 3.05) is 19.6 Å². The lowest BCUT2D eigenvalue weighted by Gasteiger charge is -2.28. The fraction of sp³-hybridized carbons (Fsp3) is 0.938. The normalized spacial score (nSPS) is 13.9. The van der Waals surface area contributed by atoms with Crippen molar-refractivity contribution in [3.05, 3.63) is 0 Å². The maximum atomic E-state index is 11.6. The Morgan fingerprint density at radius 3 is 2.00 bits per heavy atom. The highest BCUT2D eigenvalue weighted by Crippen LogP contribution is 2.19. The number of hydrogen-bond acceptors (Lipinski definition) is 4. The lowest BCUT2D eigenvalue weighted by atomic mass is 9.85. The van der Waals surface area contributed by atoms with Crippen molar-refractivity contribution >= 4 is 6.09 Å². The van der Waals surface area contributed by atoms with Crippen LogP contribution in [0.1, 0.15) is 48.5 Å². The molecule has 0 aromatic rings. The molecule has 21 heavy (non-hydrogen) atoms. The van der Waals surface area contributed by atoms with Gasteiger partial charge in [0.15, 0.2) is 0 Å². The van der Waals surface area contributed by atoms with Crippen LogP contribution in [0.2, 0.25) is 0 Å². The molecule has 0 aromatic heterocycles. The van der Waals surface area contributed by atoms with E-state index in [9.17, 15) is 4.79 Å². The van der Waals surface area contributed by atoms with E-state index in [0.29, 0.717) is 30.8 Å². The second-order valence-corrected chi connectivity index (χ2v) is 7.38. The first-order valence-corrected chi connectivity index (χ1v) is 7.97. The predicted molar refractivity (Wildman–Crippen MR) is 88.2 cm³/mol. The highest BCUT2D eigenvalue weighted by Gasteiger charge is 2.20. The van der Waals surface area contributed by atoms with Gasteiger partial charge in [-0.15, -0.1) is 0 Å². The number of rotatable bonds is 8. The van der Waals surface area contributed by atoms with Crippen LogP contribution >= 0.6 is 0 Å². The Morgan fingerprint density at radius 2 is 1.62 bits per heavy atom. The summed E-state index contributed by atoms with van der Waals surface area (Å²) in [7, 11) is 0. The van der Waals surface area contributed by atoms with Gasteiger partial charge in [-0.05, 0) is 45.1 Å². The number of carbonyl (C=O) groups is 1. The number of carbonyl (C=O) groups excluding carboxylic acids is 1. The number of hydrogen-bond donors (Lipinski definition) is 3. The van der Waals surface area contributed by atoms with Gasteiger partial charge in [0.25, 0.3) is 0 Å². The Labute approximate surface area is 130 Å². The molecule has 0 spiro atoms. The zero-order valence-electron chi connectivity index (χ0n) is 14.8. The van der Waals surface area contributed by atoms with E-state index in [-0.39, 0.29) is 6.04 Å². The van der Waals surface area contributed by atoms with Gasteiger partial charge in [-0.1, -0.05) is 27.7 Å². The molecule has 1 atom stereocenters. The van der Waals surface area contributed by atoms with Crippen LogP contribution in [0.25, 0.3) is 0 Å². The van der Waals surface area contributed by atoms with Crippen molar-refractivity contribution in [1.82, 2.24) is 10.6 Å². The highest BCUT2D eigenvalue weighted by atomic mass is 16.6. The lowest BCUT2D eigenvalue weighted by Crippen LogP contribution is -2.48. The Bertz CT molecular complexity index is 290. The first kappa shape index (κ1) is 20.2. The standard InChI is InChI=1S/C16H35N3O2/c1-11(2)14(12(3)4)10-18-13(8-17)9-19-15(20)21-16(5,6)7/h11-14,18H,8-10,17H2,1-7H3,(H,19,20). The molecule has 0 saturated heterocycles. The minimum atomic E-state index is -0.476. The third-order valence-corrected chi connectivity index (χ3v) is 3.53. The molecular formula is C16H35N3O2. The van der Waals surface area contributed by atoms with Crippen LogP contribution in [0.15, 0.2) is 0 Å². The summed E-state index contributed by atoms with van der Waals surface area (Å²) < 4.78 is 5.22. The molecule has 0 bridgehead atoms. The molecule has 5 heteroatoms.